The average molecular weight is 1060 g/mol. The first kappa shape index (κ1) is 73.2. The Bertz CT molecular complexity index is 1170. The highest BCUT2D eigenvalue weighted by Gasteiger charge is 2.19. The fourth-order valence-electron chi connectivity index (χ4n) is 10.6. The third-order valence-electron chi connectivity index (χ3n) is 15.8. The highest BCUT2D eigenvalue weighted by atomic mass is 16.6. The molecule has 0 fully saturated rings. The van der Waals surface area contributed by atoms with Gasteiger partial charge in [0.2, 0.25) is 0 Å². The molecule has 0 aliphatic rings. The molecule has 0 heterocycles. The Kier molecular flexibility index (Phi) is 63.1. The van der Waals surface area contributed by atoms with E-state index in [1.165, 1.54) is 295 Å². The van der Waals surface area contributed by atoms with Gasteiger partial charge in [-0.05, 0) is 44.9 Å². The molecule has 0 saturated carbocycles. The monoisotopic (exact) mass is 1060 g/mol. The van der Waals surface area contributed by atoms with Crippen molar-refractivity contribution in [3.05, 3.63) is 12.2 Å². The summed E-state index contributed by atoms with van der Waals surface area (Å²) in [6.07, 6.45) is 76.9. The lowest BCUT2D eigenvalue weighted by molar-refractivity contribution is -0.167. The molecule has 0 radical (unpaired) electrons. The predicted octanol–water partition coefficient (Wildman–Crippen LogP) is 23.2. The summed E-state index contributed by atoms with van der Waals surface area (Å²) in [6.45, 7) is 6.69. The molecule has 0 bridgehead atoms. The minimum absolute atomic E-state index is 0.0629. The lowest BCUT2D eigenvalue weighted by Gasteiger charge is -2.18. The molecule has 0 aromatic heterocycles. The third kappa shape index (κ3) is 62.9. The van der Waals surface area contributed by atoms with Crippen molar-refractivity contribution in [3.8, 4) is 0 Å². The zero-order valence-electron chi connectivity index (χ0n) is 51.1. The van der Waals surface area contributed by atoms with E-state index in [4.69, 9.17) is 14.2 Å². The average Bonchev–Trinajstić information content (AvgIpc) is 3.41. The summed E-state index contributed by atoms with van der Waals surface area (Å²) in [5.74, 6) is -0.836. The van der Waals surface area contributed by atoms with Crippen LogP contribution in [0.15, 0.2) is 12.2 Å². The lowest BCUT2D eigenvalue weighted by atomic mass is 10.0. The number of unbranched alkanes of at least 4 members (excludes halogenated alkanes) is 51. The summed E-state index contributed by atoms with van der Waals surface area (Å²) in [5, 5.41) is 0. The van der Waals surface area contributed by atoms with Crippen molar-refractivity contribution in [1.29, 1.82) is 0 Å². The molecule has 0 amide bonds. The van der Waals surface area contributed by atoms with Gasteiger partial charge in [-0.15, -0.1) is 0 Å². The molecular formula is C69H132O6. The molecule has 444 valence electrons. The number of hydrogen-bond acceptors (Lipinski definition) is 6. The zero-order chi connectivity index (χ0) is 54.3. The van der Waals surface area contributed by atoms with Gasteiger partial charge in [0.15, 0.2) is 6.10 Å². The first-order valence-electron chi connectivity index (χ1n) is 34.2. The highest BCUT2D eigenvalue weighted by molar-refractivity contribution is 5.71. The van der Waals surface area contributed by atoms with Crippen molar-refractivity contribution in [3.63, 3.8) is 0 Å². The van der Waals surface area contributed by atoms with Crippen molar-refractivity contribution < 1.29 is 28.6 Å². The molecule has 0 saturated heterocycles. The van der Waals surface area contributed by atoms with Crippen LogP contribution in [0.4, 0.5) is 0 Å². The molecule has 0 rings (SSSR count). The molecule has 0 aromatic carbocycles. The second-order valence-electron chi connectivity index (χ2n) is 23.5. The smallest absolute Gasteiger partial charge is 0.306 e. The minimum Gasteiger partial charge on any atom is -0.462 e. The standard InChI is InChI=1S/C69H132O6/c1-4-7-10-13-16-19-21-23-25-27-29-31-32-33-34-35-36-37-38-39-41-42-44-46-48-50-53-56-59-62-68(71)74-65-66(64-73-67(70)61-58-55-52-18-15-12-9-6-3)75-69(72)63-60-57-54-51-49-47-45-43-40-30-28-26-24-22-20-17-14-11-8-5-2/h27,29,66H,4-26,28,30-65H2,1-3H3/b29-27-. The van der Waals surface area contributed by atoms with Gasteiger partial charge < -0.3 is 14.2 Å². The van der Waals surface area contributed by atoms with Gasteiger partial charge in [-0.1, -0.05) is 341 Å². The van der Waals surface area contributed by atoms with Gasteiger partial charge in [0, 0.05) is 19.3 Å². The topological polar surface area (TPSA) is 78.9 Å². The van der Waals surface area contributed by atoms with Crippen molar-refractivity contribution in [1.82, 2.24) is 0 Å². The molecule has 0 aliphatic heterocycles. The number of esters is 3. The van der Waals surface area contributed by atoms with Gasteiger partial charge in [0.25, 0.3) is 0 Å². The van der Waals surface area contributed by atoms with Crippen molar-refractivity contribution in [2.75, 3.05) is 13.2 Å². The van der Waals surface area contributed by atoms with Crippen LogP contribution in [0, 0.1) is 0 Å². The third-order valence-corrected chi connectivity index (χ3v) is 15.8. The van der Waals surface area contributed by atoms with E-state index < -0.39 is 6.10 Å². The van der Waals surface area contributed by atoms with E-state index in [0.717, 1.165) is 57.8 Å². The van der Waals surface area contributed by atoms with Gasteiger partial charge in [0.1, 0.15) is 13.2 Å². The lowest BCUT2D eigenvalue weighted by Crippen LogP contribution is -2.30. The summed E-state index contributed by atoms with van der Waals surface area (Å²) in [5.41, 5.74) is 0. The molecule has 6 nitrogen and oxygen atoms in total. The van der Waals surface area contributed by atoms with Crippen LogP contribution < -0.4 is 0 Å². The summed E-state index contributed by atoms with van der Waals surface area (Å²) in [7, 11) is 0. The maximum Gasteiger partial charge on any atom is 0.306 e. The van der Waals surface area contributed by atoms with Crippen LogP contribution in [0.2, 0.25) is 0 Å². The molecule has 0 spiro atoms. The Labute approximate surface area is 469 Å². The van der Waals surface area contributed by atoms with E-state index in [9.17, 15) is 14.4 Å². The molecule has 0 aliphatic carbocycles. The van der Waals surface area contributed by atoms with Gasteiger partial charge in [-0.2, -0.15) is 0 Å². The van der Waals surface area contributed by atoms with Crippen LogP contribution in [0.3, 0.4) is 0 Å². The minimum atomic E-state index is -0.763. The van der Waals surface area contributed by atoms with Crippen LogP contribution in [0.25, 0.3) is 0 Å². The number of carbonyl (C=O) groups excluding carboxylic acids is 3. The zero-order valence-corrected chi connectivity index (χ0v) is 51.1. The number of carbonyl (C=O) groups is 3. The molecular weight excluding hydrogens is 925 g/mol. The van der Waals surface area contributed by atoms with E-state index >= 15 is 0 Å². The van der Waals surface area contributed by atoms with Crippen molar-refractivity contribution >= 4 is 17.9 Å². The Hall–Kier alpha value is -1.85. The first-order valence-corrected chi connectivity index (χ1v) is 34.2. The van der Waals surface area contributed by atoms with E-state index in [-0.39, 0.29) is 31.1 Å². The van der Waals surface area contributed by atoms with Crippen LogP contribution in [0.5, 0.6) is 0 Å². The molecule has 0 aromatic rings. The quantitative estimate of drug-likeness (QED) is 0.0261. The van der Waals surface area contributed by atoms with Gasteiger partial charge in [0.05, 0.1) is 0 Å². The van der Waals surface area contributed by atoms with Gasteiger partial charge in [-0.3, -0.25) is 14.4 Å². The summed E-state index contributed by atoms with van der Waals surface area (Å²) < 4.78 is 16.9. The maximum atomic E-state index is 12.9. The van der Waals surface area contributed by atoms with E-state index in [2.05, 4.69) is 32.9 Å². The maximum absolute atomic E-state index is 12.9. The van der Waals surface area contributed by atoms with E-state index in [1.54, 1.807) is 0 Å². The Morgan fingerprint density at radius 3 is 0.667 bits per heavy atom. The fraction of sp³-hybridized carbons (Fsp3) is 0.928. The van der Waals surface area contributed by atoms with Crippen LogP contribution >= 0.6 is 0 Å². The normalized spacial score (nSPS) is 12.0. The number of hydrogen-bond donors (Lipinski definition) is 0. The second-order valence-corrected chi connectivity index (χ2v) is 23.5. The predicted molar refractivity (Wildman–Crippen MR) is 326 cm³/mol. The summed E-state index contributed by atoms with van der Waals surface area (Å²) >= 11 is 0. The van der Waals surface area contributed by atoms with Crippen molar-refractivity contribution in [2.45, 2.75) is 399 Å². The number of ether oxygens (including phenoxy) is 3. The summed E-state index contributed by atoms with van der Waals surface area (Å²) in [4.78, 5) is 38.2. The van der Waals surface area contributed by atoms with Gasteiger partial charge >= 0.3 is 17.9 Å². The van der Waals surface area contributed by atoms with E-state index in [1.807, 2.05) is 0 Å². The highest BCUT2D eigenvalue weighted by Crippen LogP contribution is 2.19. The van der Waals surface area contributed by atoms with E-state index in [0.29, 0.717) is 19.3 Å². The molecule has 1 atom stereocenters. The summed E-state index contributed by atoms with van der Waals surface area (Å²) in [6, 6.07) is 0. The first-order chi connectivity index (χ1) is 37.0. The second kappa shape index (κ2) is 64.7. The fourth-order valence-corrected chi connectivity index (χ4v) is 10.6. The molecule has 0 N–H and O–H groups in total. The number of allylic oxidation sites excluding steroid dienone is 2. The van der Waals surface area contributed by atoms with Crippen LogP contribution in [-0.4, -0.2) is 37.2 Å². The van der Waals surface area contributed by atoms with Gasteiger partial charge in [-0.25, -0.2) is 0 Å². The Morgan fingerprint density at radius 1 is 0.253 bits per heavy atom. The molecule has 1 unspecified atom stereocenters. The largest absolute Gasteiger partial charge is 0.462 e. The number of rotatable bonds is 64. The SMILES string of the molecule is CCCCCCCCCC/C=C\CCCCCCCCCCCCCCCCCCCC(=O)OCC(COC(=O)CCCCCCCCCC)OC(=O)CCCCCCCCCCCCCCCCCCCCCC. The molecule has 6 heteroatoms. The Morgan fingerprint density at radius 2 is 0.440 bits per heavy atom. The van der Waals surface area contributed by atoms with Crippen molar-refractivity contribution in [2.24, 2.45) is 0 Å². The Balaban J connectivity index is 4.03. The van der Waals surface area contributed by atoms with Crippen LogP contribution in [-0.2, 0) is 28.6 Å². The van der Waals surface area contributed by atoms with Crippen LogP contribution in [0.1, 0.15) is 393 Å². The molecule has 75 heavy (non-hydrogen) atoms.